The maximum atomic E-state index is 12.9. The highest BCUT2D eigenvalue weighted by molar-refractivity contribution is 14.1. The normalized spacial score (nSPS) is 9.83. The number of benzene rings is 1. The lowest BCUT2D eigenvalue weighted by atomic mass is 10.1. The number of carbonyl (C=O) groups is 1. The van der Waals surface area contributed by atoms with Gasteiger partial charge in [0.25, 0.3) is 0 Å². The second kappa shape index (κ2) is 3.84. The van der Waals surface area contributed by atoms with Gasteiger partial charge >= 0.3 is 5.97 Å². The molecule has 64 valence electrons. The average Bonchev–Trinajstić information content (AvgIpc) is 2.03. The predicted molar refractivity (Wildman–Crippen MR) is 51.1 cm³/mol. The first-order chi connectivity index (χ1) is 5.65. The lowest BCUT2D eigenvalue weighted by Crippen LogP contribution is -2.00. The summed E-state index contributed by atoms with van der Waals surface area (Å²) >= 11 is 2.08. The molecule has 0 aliphatic carbocycles. The summed E-state index contributed by atoms with van der Waals surface area (Å²) in [4.78, 5) is 10.4. The monoisotopic (exact) mass is 280 g/mol. The van der Waals surface area contributed by atoms with E-state index in [9.17, 15) is 9.18 Å². The van der Waals surface area contributed by atoms with Crippen molar-refractivity contribution in [1.82, 2.24) is 0 Å². The van der Waals surface area contributed by atoms with Crippen LogP contribution in [0.1, 0.15) is 15.9 Å². The van der Waals surface area contributed by atoms with Gasteiger partial charge in [0, 0.05) is 4.43 Å². The van der Waals surface area contributed by atoms with Gasteiger partial charge in [0.15, 0.2) is 0 Å². The van der Waals surface area contributed by atoms with Crippen LogP contribution in [-0.4, -0.2) is 11.1 Å². The molecule has 1 N–H and O–H groups in total. The summed E-state index contributed by atoms with van der Waals surface area (Å²) in [5.41, 5.74) is 0.515. The summed E-state index contributed by atoms with van der Waals surface area (Å²) in [5.74, 6) is -1.90. The van der Waals surface area contributed by atoms with Crippen LogP contribution >= 0.6 is 22.6 Å². The Labute approximate surface area is 82.5 Å². The van der Waals surface area contributed by atoms with E-state index < -0.39 is 11.8 Å². The molecular formula is C8H6FIO2. The number of hydrogen-bond acceptors (Lipinski definition) is 1. The van der Waals surface area contributed by atoms with E-state index in [0.29, 0.717) is 4.43 Å². The Morgan fingerprint density at radius 2 is 2.25 bits per heavy atom. The molecule has 0 atom stereocenters. The molecule has 0 saturated carbocycles. The molecule has 0 aliphatic heterocycles. The highest BCUT2D eigenvalue weighted by atomic mass is 127. The third-order valence-electron chi connectivity index (χ3n) is 1.42. The fraction of sp³-hybridized carbons (Fsp3) is 0.125. The van der Waals surface area contributed by atoms with E-state index in [1.165, 1.54) is 12.1 Å². The Bertz CT molecular complexity index is 312. The molecule has 0 saturated heterocycles. The van der Waals surface area contributed by atoms with E-state index in [2.05, 4.69) is 22.6 Å². The van der Waals surface area contributed by atoms with Gasteiger partial charge in [-0.2, -0.15) is 0 Å². The fourth-order valence-corrected chi connectivity index (χ4v) is 1.29. The Balaban J connectivity index is 3.12. The van der Waals surface area contributed by atoms with Crippen LogP contribution in [0.5, 0.6) is 0 Å². The van der Waals surface area contributed by atoms with E-state index in [1.807, 2.05) is 0 Å². The van der Waals surface area contributed by atoms with Crippen LogP contribution in [-0.2, 0) is 4.43 Å². The minimum absolute atomic E-state index is 0.274. The zero-order chi connectivity index (χ0) is 9.14. The zero-order valence-corrected chi connectivity index (χ0v) is 8.21. The van der Waals surface area contributed by atoms with Crippen LogP contribution in [0, 0.1) is 5.82 Å². The molecule has 0 amide bonds. The minimum atomic E-state index is -1.23. The van der Waals surface area contributed by atoms with Crippen LogP contribution in [0.25, 0.3) is 0 Å². The second-order valence-corrected chi connectivity index (χ2v) is 3.02. The van der Waals surface area contributed by atoms with Crippen molar-refractivity contribution in [2.75, 3.05) is 0 Å². The topological polar surface area (TPSA) is 37.3 Å². The van der Waals surface area contributed by atoms with E-state index >= 15 is 0 Å². The molecule has 0 aromatic heterocycles. The second-order valence-electron chi connectivity index (χ2n) is 2.25. The molecule has 2 nitrogen and oxygen atoms in total. The summed E-state index contributed by atoms with van der Waals surface area (Å²) in [6.45, 7) is 0. The van der Waals surface area contributed by atoms with Crippen molar-refractivity contribution in [3.8, 4) is 0 Å². The van der Waals surface area contributed by atoms with Gasteiger partial charge in [0.05, 0.1) is 5.56 Å². The highest BCUT2D eigenvalue weighted by Crippen LogP contribution is 2.12. The van der Waals surface area contributed by atoms with Crippen LogP contribution in [0.2, 0.25) is 0 Å². The summed E-state index contributed by atoms with van der Waals surface area (Å²) < 4.78 is 13.6. The Hall–Kier alpha value is -0.650. The average molecular weight is 280 g/mol. The molecule has 0 bridgehead atoms. The molecule has 4 heteroatoms. The van der Waals surface area contributed by atoms with Crippen LogP contribution in [0.4, 0.5) is 4.39 Å². The quantitative estimate of drug-likeness (QED) is 0.667. The Morgan fingerprint density at radius 3 is 2.67 bits per heavy atom. The SMILES string of the molecule is O=C(O)c1ccc(CI)cc1F. The fourth-order valence-electron chi connectivity index (χ4n) is 0.815. The van der Waals surface area contributed by atoms with E-state index in [4.69, 9.17) is 5.11 Å². The maximum Gasteiger partial charge on any atom is 0.338 e. The molecule has 0 heterocycles. The van der Waals surface area contributed by atoms with Gasteiger partial charge in [0.1, 0.15) is 5.82 Å². The third kappa shape index (κ3) is 1.94. The van der Waals surface area contributed by atoms with Crippen LogP contribution in [0.3, 0.4) is 0 Å². The van der Waals surface area contributed by atoms with E-state index in [1.54, 1.807) is 6.07 Å². The molecule has 0 aliphatic rings. The number of halogens is 2. The largest absolute Gasteiger partial charge is 0.478 e. The van der Waals surface area contributed by atoms with Crippen molar-refractivity contribution >= 4 is 28.6 Å². The highest BCUT2D eigenvalue weighted by Gasteiger charge is 2.09. The summed E-state index contributed by atoms with van der Waals surface area (Å²) in [6.07, 6.45) is 0. The molecule has 0 fully saturated rings. The van der Waals surface area contributed by atoms with Crippen LogP contribution < -0.4 is 0 Å². The number of hydrogen-bond donors (Lipinski definition) is 1. The van der Waals surface area contributed by atoms with Gasteiger partial charge < -0.3 is 5.11 Å². The van der Waals surface area contributed by atoms with E-state index in [-0.39, 0.29) is 5.56 Å². The molecule has 1 rings (SSSR count). The van der Waals surface area contributed by atoms with Crippen LogP contribution in [0.15, 0.2) is 18.2 Å². The maximum absolute atomic E-state index is 12.9. The van der Waals surface area contributed by atoms with Crippen molar-refractivity contribution in [2.24, 2.45) is 0 Å². The molecular weight excluding hydrogens is 274 g/mol. The first kappa shape index (κ1) is 9.44. The van der Waals surface area contributed by atoms with Crippen molar-refractivity contribution in [2.45, 2.75) is 4.43 Å². The van der Waals surface area contributed by atoms with Gasteiger partial charge in [0.2, 0.25) is 0 Å². The molecule has 1 aromatic carbocycles. The first-order valence-electron chi connectivity index (χ1n) is 3.23. The Morgan fingerprint density at radius 1 is 1.58 bits per heavy atom. The third-order valence-corrected chi connectivity index (χ3v) is 2.30. The van der Waals surface area contributed by atoms with Crippen molar-refractivity contribution < 1.29 is 14.3 Å². The number of carboxylic acids is 1. The molecule has 0 spiro atoms. The smallest absolute Gasteiger partial charge is 0.338 e. The Kier molecular flexibility index (Phi) is 3.02. The standard InChI is InChI=1S/C8H6FIO2/c9-7-3-5(4-10)1-2-6(7)8(11)12/h1-3H,4H2,(H,11,12). The number of aromatic carboxylic acids is 1. The summed E-state index contributed by atoms with van der Waals surface area (Å²) in [6, 6.07) is 4.14. The molecule has 0 radical (unpaired) electrons. The minimum Gasteiger partial charge on any atom is -0.478 e. The number of alkyl halides is 1. The molecule has 1 aromatic rings. The molecule has 12 heavy (non-hydrogen) atoms. The van der Waals surface area contributed by atoms with Crippen molar-refractivity contribution in [3.63, 3.8) is 0 Å². The molecule has 0 unspecified atom stereocenters. The predicted octanol–water partition coefficient (Wildman–Crippen LogP) is 2.46. The number of rotatable bonds is 2. The van der Waals surface area contributed by atoms with Gasteiger partial charge in [-0.3, -0.25) is 0 Å². The number of carboxylic acid groups (broad SMARTS) is 1. The lowest BCUT2D eigenvalue weighted by molar-refractivity contribution is 0.0692. The first-order valence-corrected chi connectivity index (χ1v) is 4.75. The van der Waals surface area contributed by atoms with Crippen molar-refractivity contribution in [3.05, 3.63) is 35.1 Å². The lowest BCUT2D eigenvalue weighted by Gasteiger charge is -1.98. The van der Waals surface area contributed by atoms with E-state index in [0.717, 1.165) is 5.56 Å². The van der Waals surface area contributed by atoms with Gasteiger partial charge in [-0.15, -0.1) is 0 Å². The van der Waals surface area contributed by atoms with Gasteiger partial charge in [-0.25, -0.2) is 9.18 Å². The summed E-state index contributed by atoms with van der Waals surface area (Å²) in [7, 11) is 0. The summed E-state index contributed by atoms with van der Waals surface area (Å²) in [5, 5.41) is 8.49. The zero-order valence-electron chi connectivity index (χ0n) is 6.05. The van der Waals surface area contributed by atoms with Gasteiger partial charge in [-0.1, -0.05) is 28.7 Å². The van der Waals surface area contributed by atoms with Crippen molar-refractivity contribution in [1.29, 1.82) is 0 Å². The van der Waals surface area contributed by atoms with Gasteiger partial charge in [-0.05, 0) is 17.7 Å².